The summed E-state index contributed by atoms with van der Waals surface area (Å²) in [6, 6.07) is 8.78. The van der Waals surface area contributed by atoms with Crippen LogP contribution in [0.5, 0.6) is 0 Å². The van der Waals surface area contributed by atoms with E-state index in [0.717, 1.165) is 5.56 Å². The van der Waals surface area contributed by atoms with Crippen LogP contribution in [0.2, 0.25) is 0 Å². The van der Waals surface area contributed by atoms with E-state index in [1.165, 1.54) is 6.92 Å². The van der Waals surface area contributed by atoms with Crippen LogP contribution >= 0.6 is 0 Å². The maximum atomic E-state index is 11.3. The van der Waals surface area contributed by atoms with Gasteiger partial charge in [0.25, 0.3) is 0 Å². The number of amides is 1. The molecule has 0 bridgehead atoms. The quantitative estimate of drug-likeness (QED) is 0.584. The first-order valence-electron chi connectivity index (χ1n) is 6.96. The second kappa shape index (κ2) is 7.00. The average molecular weight is 295 g/mol. The van der Waals surface area contributed by atoms with Crippen molar-refractivity contribution in [1.82, 2.24) is 5.32 Å². The Hall–Kier alpha value is -1.47. The molecule has 6 heteroatoms. The first kappa shape index (κ1) is 15.9. The molecule has 6 nitrogen and oxygen atoms in total. The van der Waals surface area contributed by atoms with Gasteiger partial charge in [0.05, 0.1) is 18.8 Å². The number of aliphatic hydroxyl groups excluding tert-OH is 3. The third kappa shape index (κ3) is 3.79. The highest BCUT2D eigenvalue weighted by molar-refractivity contribution is 5.73. The van der Waals surface area contributed by atoms with E-state index in [0.29, 0.717) is 6.42 Å². The summed E-state index contributed by atoms with van der Waals surface area (Å²) < 4.78 is 5.66. The number of hydrogen-bond donors (Lipinski definition) is 4. The summed E-state index contributed by atoms with van der Waals surface area (Å²) in [5.41, 5.74) is 0.984. The van der Waals surface area contributed by atoms with Crippen molar-refractivity contribution in [2.45, 2.75) is 43.8 Å². The minimum absolute atomic E-state index is 0.310. The molecule has 0 saturated carbocycles. The highest BCUT2D eigenvalue weighted by Crippen LogP contribution is 2.24. The molecule has 21 heavy (non-hydrogen) atoms. The van der Waals surface area contributed by atoms with E-state index in [2.05, 4.69) is 5.32 Å². The maximum Gasteiger partial charge on any atom is 0.217 e. The lowest BCUT2D eigenvalue weighted by molar-refractivity contribution is -0.194. The number of carbonyl (C=O) groups is 1. The van der Waals surface area contributed by atoms with E-state index in [1.54, 1.807) is 0 Å². The molecule has 4 N–H and O–H groups in total. The van der Waals surface area contributed by atoms with Crippen molar-refractivity contribution >= 4 is 5.91 Å². The van der Waals surface area contributed by atoms with Crippen LogP contribution in [0.1, 0.15) is 12.5 Å². The number of nitrogens with one attached hydrogen (secondary N) is 1. The Kier molecular flexibility index (Phi) is 5.30. The minimum Gasteiger partial charge on any atom is -0.394 e. The molecule has 0 spiro atoms. The Morgan fingerprint density at radius 1 is 1.19 bits per heavy atom. The standard InChI is InChI=1S/C15H21NO5/c1-9(18)16-13-11(7-10-5-3-2-4-6-10)21-12(8-17)14(19)15(13)20/h2-6,11-15,17,19-20H,7-8H2,1H3,(H,16,18)/t11?,12?,13?,14-,15-/m1/s1. The Labute approximate surface area is 123 Å². The smallest absolute Gasteiger partial charge is 0.217 e. The van der Waals surface area contributed by atoms with E-state index in [1.807, 2.05) is 30.3 Å². The van der Waals surface area contributed by atoms with Gasteiger partial charge in [0.1, 0.15) is 18.3 Å². The number of hydrogen-bond acceptors (Lipinski definition) is 5. The van der Waals surface area contributed by atoms with Crippen molar-refractivity contribution in [1.29, 1.82) is 0 Å². The molecule has 116 valence electrons. The number of carbonyl (C=O) groups excluding carboxylic acids is 1. The van der Waals surface area contributed by atoms with Gasteiger partial charge in [-0.05, 0) is 5.56 Å². The second-order valence-corrected chi connectivity index (χ2v) is 5.29. The van der Waals surface area contributed by atoms with Gasteiger partial charge >= 0.3 is 0 Å². The van der Waals surface area contributed by atoms with Crippen molar-refractivity contribution in [2.75, 3.05) is 6.61 Å². The van der Waals surface area contributed by atoms with Crippen molar-refractivity contribution in [2.24, 2.45) is 0 Å². The largest absolute Gasteiger partial charge is 0.394 e. The van der Waals surface area contributed by atoms with Gasteiger partial charge in [-0.25, -0.2) is 0 Å². The number of rotatable bonds is 4. The van der Waals surface area contributed by atoms with Crippen LogP contribution in [-0.4, -0.2) is 58.3 Å². The van der Waals surface area contributed by atoms with Crippen LogP contribution in [0.4, 0.5) is 0 Å². The maximum absolute atomic E-state index is 11.3. The molecule has 1 aromatic rings. The van der Waals surface area contributed by atoms with Crippen molar-refractivity contribution in [3.05, 3.63) is 35.9 Å². The van der Waals surface area contributed by atoms with Crippen molar-refractivity contribution < 1.29 is 24.9 Å². The molecule has 1 amide bonds. The van der Waals surface area contributed by atoms with Gasteiger partial charge in [-0.3, -0.25) is 4.79 Å². The van der Waals surface area contributed by atoms with Gasteiger partial charge in [0.15, 0.2) is 0 Å². The summed E-state index contributed by atoms with van der Waals surface area (Å²) in [5.74, 6) is -0.310. The van der Waals surface area contributed by atoms with Crippen molar-refractivity contribution in [3.63, 3.8) is 0 Å². The molecular weight excluding hydrogens is 274 g/mol. The molecule has 2 rings (SSSR count). The zero-order valence-corrected chi connectivity index (χ0v) is 11.8. The summed E-state index contributed by atoms with van der Waals surface area (Å²) in [6.45, 7) is 0.952. The van der Waals surface area contributed by atoms with Gasteiger partial charge in [0.2, 0.25) is 5.91 Å². The van der Waals surface area contributed by atoms with Crippen LogP contribution < -0.4 is 5.32 Å². The Morgan fingerprint density at radius 3 is 2.43 bits per heavy atom. The van der Waals surface area contributed by atoms with E-state index >= 15 is 0 Å². The molecule has 0 aliphatic carbocycles. The Balaban J connectivity index is 2.18. The zero-order valence-electron chi connectivity index (χ0n) is 11.8. The summed E-state index contributed by atoms with van der Waals surface area (Å²) in [6.07, 6.45) is -3.34. The average Bonchev–Trinajstić information content (AvgIpc) is 2.47. The predicted molar refractivity (Wildman–Crippen MR) is 75.5 cm³/mol. The van der Waals surface area contributed by atoms with Crippen LogP contribution in [0, 0.1) is 0 Å². The molecule has 1 fully saturated rings. The molecule has 1 aliphatic heterocycles. The summed E-state index contributed by atoms with van der Waals surface area (Å²) in [7, 11) is 0. The van der Waals surface area contributed by atoms with Gasteiger partial charge in [0, 0.05) is 13.3 Å². The monoisotopic (exact) mass is 295 g/mol. The number of benzene rings is 1. The fourth-order valence-electron chi connectivity index (χ4n) is 2.63. The second-order valence-electron chi connectivity index (χ2n) is 5.29. The predicted octanol–water partition coefficient (Wildman–Crippen LogP) is -0.785. The molecule has 1 aromatic carbocycles. The lowest BCUT2D eigenvalue weighted by atomic mass is 9.89. The number of ether oxygens (including phenoxy) is 1. The van der Waals surface area contributed by atoms with Gasteiger partial charge in [-0.2, -0.15) is 0 Å². The van der Waals surface area contributed by atoms with Crippen LogP contribution in [-0.2, 0) is 16.0 Å². The highest BCUT2D eigenvalue weighted by atomic mass is 16.5. The van der Waals surface area contributed by atoms with Crippen molar-refractivity contribution in [3.8, 4) is 0 Å². The van der Waals surface area contributed by atoms with E-state index < -0.39 is 37.1 Å². The van der Waals surface area contributed by atoms with Gasteiger partial charge in [-0.1, -0.05) is 30.3 Å². The van der Waals surface area contributed by atoms with Gasteiger partial charge in [-0.15, -0.1) is 0 Å². The third-order valence-electron chi connectivity index (χ3n) is 3.68. The molecule has 5 atom stereocenters. The van der Waals surface area contributed by atoms with E-state index in [4.69, 9.17) is 4.74 Å². The van der Waals surface area contributed by atoms with Crippen LogP contribution in [0.25, 0.3) is 0 Å². The summed E-state index contributed by atoms with van der Waals surface area (Å²) in [4.78, 5) is 11.3. The fourth-order valence-corrected chi connectivity index (χ4v) is 2.63. The SMILES string of the molecule is CC(=O)NC1C(Cc2ccccc2)OC(CO)[C@@H](O)[C@@H]1O. The molecule has 1 aliphatic rings. The summed E-state index contributed by atoms with van der Waals surface area (Å²) in [5, 5.41) is 32.0. The van der Waals surface area contributed by atoms with Crippen LogP contribution in [0.15, 0.2) is 30.3 Å². The molecular formula is C15H21NO5. The normalized spacial score (nSPS) is 32.7. The lowest BCUT2D eigenvalue weighted by Gasteiger charge is -2.42. The van der Waals surface area contributed by atoms with Crippen LogP contribution in [0.3, 0.4) is 0 Å². The molecule has 0 aromatic heterocycles. The van der Waals surface area contributed by atoms with Gasteiger partial charge < -0.3 is 25.4 Å². The first-order chi connectivity index (χ1) is 10.0. The highest BCUT2D eigenvalue weighted by Gasteiger charge is 2.44. The Morgan fingerprint density at radius 2 is 1.86 bits per heavy atom. The molecule has 0 radical (unpaired) electrons. The van der Waals surface area contributed by atoms with E-state index in [-0.39, 0.29) is 5.91 Å². The topological polar surface area (TPSA) is 99.0 Å². The first-order valence-corrected chi connectivity index (χ1v) is 6.96. The Bertz CT molecular complexity index is 466. The van der Waals surface area contributed by atoms with E-state index in [9.17, 15) is 20.1 Å². The fraction of sp³-hybridized carbons (Fsp3) is 0.533. The summed E-state index contributed by atoms with van der Waals surface area (Å²) >= 11 is 0. The molecule has 3 unspecified atom stereocenters. The number of aliphatic hydroxyl groups is 3. The molecule has 1 heterocycles. The third-order valence-corrected chi connectivity index (χ3v) is 3.68. The zero-order chi connectivity index (χ0) is 15.4. The lowest BCUT2D eigenvalue weighted by Crippen LogP contribution is -2.64. The minimum atomic E-state index is -1.24. The molecule has 1 saturated heterocycles.